The van der Waals surface area contributed by atoms with E-state index >= 15 is 0 Å². The molecule has 0 saturated heterocycles. The highest BCUT2D eigenvalue weighted by atomic mass is 28.1. The van der Waals surface area contributed by atoms with E-state index < -0.39 is 0 Å². The molecule has 0 aromatic rings. The minimum Gasteiger partial charge on any atom is -0.0654 e. The molecule has 0 N–H and O–H groups in total. The number of hydrogen-bond acceptors (Lipinski definition) is 0. The molecule has 0 radical (unpaired) electrons. The van der Waals surface area contributed by atoms with Crippen LogP contribution in [0.5, 0.6) is 0 Å². The Morgan fingerprint density at radius 3 is 1.67 bits per heavy atom. The highest BCUT2D eigenvalue weighted by molar-refractivity contribution is 6.14. The van der Waals surface area contributed by atoms with Crippen LogP contribution in [0.25, 0.3) is 0 Å². The van der Waals surface area contributed by atoms with Gasteiger partial charge in [-0.3, -0.25) is 0 Å². The lowest BCUT2D eigenvalue weighted by atomic mass is 9.99. The molecule has 0 aromatic heterocycles. The first kappa shape index (κ1) is 9.22. The summed E-state index contributed by atoms with van der Waals surface area (Å²) in [7, 11) is 1.37. The molecule has 0 nitrogen and oxygen atoms in total. The summed E-state index contributed by atoms with van der Waals surface area (Å²) >= 11 is 0. The summed E-state index contributed by atoms with van der Waals surface area (Å²) in [6.45, 7) is 6.99. The fourth-order valence-electron chi connectivity index (χ4n) is 1.48. The van der Waals surface area contributed by atoms with Crippen LogP contribution in [-0.4, -0.2) is 10.2 Å². The molecule has 0 aliphatic heterocycles. The van der Waals surface area contributed by atoms with Gasteiger partial charge in [0.2, 0.25) is 0 Å². The van der Waals surface area contributed by atoms with Gasteiger partial charge in [0.15, 0.2) is 0 Å². The van der Waals surface area contributed by atoms with Crippen LogP contribution >= 0.6 is 0 Å². The highest BCUT2D eigenvalue weighted by Gasteiger charge is 2.13. The van der Waals surface area contributed by atoms with Gasteiger partial charge in [0.05, 0.1) is 0 Å². The topological polar surface area (TPSA) is 0 Å². The van der Waals surface area contributed by atoms with Crippen molar-refractivity contribution in [2.45, 2.75) is 51.5 Å². The molecule has 0 amide bonds. The van der Waals surface area contributed by atoms with Crippen LogP contribution in [0, 0.1) is 0 Å². The van der Waals surface area contributed by atoms with Crippen LogP contribution in [0.4, 0.5) is 0 Å². The van der Waals surface area contributed by atoms with E-state index in [9.17, 15) is 0 Å². The summed E-state index contributed by atoms with van der Waals surface area (Å²) in [6.07, 6.45) is 5.60. The van der Waals surface area contributed by atoms with Gasteiger partial charge in [-0.2, -0.15) is 0 Å². The van der Waals surface area contributed by atoms with E-state index in [4.69, 9.17) is 0 Å². The fraction of sp³-hybridized carbons (Fsp3) is 1.00. The number of hydrogen-bond donors (Lipinski definition) is 0. The molecule has 0 rings (SSSR count). The summed E-state index contributed by atoms with van der Waals surface area (Å²) < 4.78 is 0. The Balaban J connectivity index is 3.43. The second kappa shape index (κ2) is 4.10. The maximum absolute atomic E-state index is 2.42. The van der Waals surface area contributed by atoms with Crippen molar-refractivity contribution in [3.8, 4) is 0 Å². The lowest BCUT2D eigenvalue weighted by molar-refractivity contribution is 0.504. The molecule has 0 spiro atoms. The average Bonchev–Trinajstić information content (AvgIpc) is 1.64. The number of rotatable bonds is 4. The summed E-state index contributed by atoms with van der Waals surface area (Å²) in [5.74, 6) is 0. The van der Waals surface area contributed by atoms with Gasteiger partial charge >= 0.3 is 0 Å². The van der Waals surface area contributed by atoms with Gasteiger partial charge in [-0.05, 0) is 5.04 Å². The van der Waals surface area contributed by atoms with Gasteiger partial charge in [-0.25, -0.2) is 0 Å². The van der Waals surface area contributed by atoms with Crippen molar-refractivity contribution in [1.82, 2.24) is 0 Å². The van der Waals surface area contributed by atoms with Gasteiger partial charge in [0, 0.05) is 10.2 Å². The molecule has 0 heterocycles. The van der Waals surface area contributed by atoms with Crippen molar-refractivity contribution in [2.24, 2.45) is 0 Å². The largest absolute Gasteiger partial charge is 0.0654 e. The van der Waals surface area contributed by atoms with Crippen LogP contribution in [0.3, 0.4) is 0 Å². The summed E-state index contributed by atoms with van der Waals surface area (Å²) in [6, 6.07) is 0. The first-order valence-electron chi connectivity index (χ1n) is 4.12. The highest BCUT2D eigenvalue weighted by Crippen LogP contribution is 2.32. The molecule has 0 fully saturated rings. The predicted molar refractivity (Wildman–Crippen MR) is 48.1 cm³/mol. The van der Waals surface area contributed by atoms with Gasteiger partial charge in [0.1, 0.15) is 0 Å². The minimum atomic E-state index is 0.740. The molecule has 0 bridgehead atoms. The van der Waals surface area contributed by atoms with Crippen molar-refractivity contribution >= 4 is 10.2 Å². The van der Waals surface area contributed by atoms with Gasteiger partial charge in [-0.1, -0.05) is 46.5 Å². The van der Waals surface area contributed by atoms with Crippen molar-refractivity contribution in [3.05, 3.63) is 0 Å². The van der Waals surface area contributed by atoms with Crippen molar-refractivity contribution in [2.75, 3.05) is 0 Å². The molecule has 9 heavy (non-hydrogen) atoms. The maximum atomic E-state index is 2.42. The summed E-state index contributed by atoms with van der Waals surface area (Å²) in [5.41, 5.74) is 0. The van der Waals surface area contributed by atoms with Gasteiger partial charge < -0.3 is 0 Å². The molecule has 0 atom stereocenters. The van der Waals surface area contributed by atoms with E-state index in [2.05, 4.69) is 20.8 Å². The van der Waals surface area contributed by atoms with E-state index in [1.165, 1.54) is 35.9 Å². The van der Waals surface area contributed by atoms with Gasteiger partial charge in [0.25, 0.3) is 0 Å². The Morgan fingerprint density at radius 2 is 1.44 bits per heavy atom. The van der Waals surface area contributed by atoms with E-state index in [0.29, 0.717) is 0 Å². The molecule has 0 aliphatic rings. The third-order valence-electron chi connectivity index (χ3n) is 1.85. The minimum absolute atomic E-state index is 0.740. The third-order valence-corrected chi connectivity index (χ3v) is 2.85. The first-order valence-corrected chi connectivity index (χ1v) is 5.12. The van der Waals surface area contributed by atoms with E-state index in [0.717, 1.165) is 5.04 Å². The molecule has 0 aliphatic carbocycles. The quantitative estimate of drug-likeness (QED) is 0.530. The molecule has 0 unspecified atom stereocenters. The molecule has 0 aromatic carbocycles. The zero-order chi connectivity index (χ0) is 7.33. The van der Waals surface area contributed by atoms with Crippen LogP contribution in [-0.2, 0) is 0 Å². The van der Waals surface area contributed by atoms with Crippen molar-refractivity contribution in [1.29, 1.82) is 0 Å². The van der Waals surface area contributed by atoms with Crippen LogP contribution in [0.2, 0.25) is 5.04 Å². The average molecular weight is 144 g/mol. The zero-order valence-corrected chi connectivity index (χ0v) is 9.33. The maximum Gasteiger partial charge on any atom is 0.0103 e. The lowest BCUT2D eigenvalue weighted by Crippen LogP contribution is -2.06. The first-order chi connectivity index (χ1) is 4.12. The predicted octanol–water partition coefficient (Wildman–Crippen LogP) is 2.13. The van der Waals surface area contributed by atoms with Gasteiger partial charge in [-0.15, -0.1) is 0 Å². The van der Waals surface area contributed by atoms with Crippen LogP contribution < -0.4 is 0 Å². The molecule has 1 heteroatoms. The van der Waals surface area contributed by atoms with Crippen LogP contribution in [0.1, 0.15) is 46.5 Å². The Bertz CT molecular complexity index is 59.0. The third kappa shape index (κ3) is 4.70. The smallest absolute Gasteiger partial charge is 0.0103 e. The van der Waals surface area contributed by atoms with Crippen molar-refractivity contribution < 1.29 is 0 Å². The van der Waals surface area contributed by atoms with Crippen molar-refractivity contribution in [3.63, 3.8) is 0 Å². The normalized spacial score (nSPS) is 12.3. The Labute approximate surface area is 62.5 Å². The second-order valence-electron chi connectivity index (χ2n) is 3.66. The van der Waals surface area contributed by atoms with E-state index in [-0.39, 0.29) is 0 Å². The standard InChI is InChI=1S/C8H20Si/c1-4-6-8(3,9)7-5-2/h4-7H2,1-3,9H3. The molecular weight excluding hydrogens is 124 g/mol. The molecule has 56 valence electrons. The fourth-order valence-corrected chi connectivity index (χ4v) is 2.48. The molecule has 0 saturated carbocycles. The summed E-state index contributed by atoms with van der Waals surface area (Å²) in [4.78, 5) is 0. The molecular formula is C8H20Si. The van der Waals surface area contributed by atoms with E-state index in [1.54, 1.807) is 0 Å². The van der Waals surface area contributed by atoms with Crippen LogP contribution in [0.15, 0.2) is 0 Å². The monoisotopic (exact) mass is 144 g/mol. The Morgan fingerprint density at radius 1 is 1.11 bits per heavy atom. The Kier molecular flexibility index (Phi) is 4.20. The van der Waals surface area contributed by atoms with E-state index in [1.807, 2.05) is 0 Å². The second-order valence-corrected chi connectivity index (χ2v) is 6.08. The lowest BCUT2D eigenvalue weighted by Gasteiger charge is -2.22. The Hall–Kier alpha value is 0.217. The summed E-state index contributed by atoms with van der Waals surface area (Å²) in [5, 5.41) is 0.740. The zero-order valence-electron chi connectivity index (χ0n) is 7.33. The SMILES string of the molecule is CCCC(C)([SiH3])CCC.